The van der Waals surface area contributed by atoms with Gasteiger partial charge in [0.2, 0.25) is 0 Å². The van der Waals surface area contributed by atoms with Crippen LogP contribution in [0.2, 0.25) is 0 Å². The molecule has 0 saturated carbocycles. The minimum atomic E-state index is 0.252. The topological polar surface area (TPSA) is 24.1 Å². The fourth-order valence-electron chi connectivity index (χ4n) is 2.26. The van der Waals surface area contributed by atoms with Crippen LogP contribution in [-0.2, 0) is 0 Å². The molecular weight excluding hydrogens is 276 g/mol. The van der Waals surface area contributed by atoms with E-state index < -0.39 is 0 Å². The average molecular weight is 298 g/mol. The van der Waals surface area contributed by atoms with Crippen molar-refractivity contribution in [1.29, 1.82) is 0 Å². The molecule has 0 amide bonds. The second-order valence-corrected chi connectivity index (χ2v) is 5.62. The predicted octanol–water partition coefficient (Wildman–Crippen LogP) is 4.82. The highest BCUT2D eigenvalue weighted by Crippen LogP contribution is 2.18. The van der Waals surface area contributed by atoms with Gasteiger partial charge in [0.25, 0.3) is 0 Å². The van der Waals surface area contributed by atoms with Crippen LogP contribution in [0.15, 0.2) is 54.6 Å². The molecule has 0 aliphatic carbocycles. The normalized spacial score (nSPS) is 11.7. The average Bonchev–Trinajstić information content (AvgIpc) is 2.50. The van der Waals surface area contributed by atoms with Gasteiger partial charge in [-0.25, -0.2) is 0 Å². The number of benzene rings is 2. The zero-order valence-electron chi connectivity index (χ0n) is 12.6. The van der Waals surface area contributed by atoms with Crippen molar-refractivity contribution in [1.82, 2.24) is 5.32 Å². The lowest BCUT2D eigenvalue weighted by atomic mass is 10.0. The van der Waals surface area contributed by atoms with E-state index in [9.17, 15) is 0 Å². The van der Waals surface area contributed by atoms with Crippen LogP contribution in [-0.4, -0.2) is 5.11 Å². The van der Waals surface area contributed by atoms with Gasteiger partial charge in [-0.3, -0.25) is 0 Å². The highest BCUT2D eigenvalue weighted by Gasteiger charge is 2.11. The molecule has 0 fully saturated rings. The van der Waals surface area contributed by atoms with Gasteiger partial charge in [0.05, 0.1) is 6.04 Å². The maximum Gasteiger partial charge on any atom is 0.171 e. The van der Waals surface area contributed by atoms with Crippen molar-refractivity contribution in [2.45, 2.75) is 32.7 Å². The highest BCUT2D eigenvalue weighted by molar-refractivity contribution is 7.80. The number of nitrogens with one attached hydrogen (secondary N) is 2. The number of aryl methyl sites for hydroxylation is 1. The van der Waals surface area contributed by atoms with Gasteiger partial charge in [-0.2, -0.15) is 0 Å². The first-order valence-electron chi connectivity index (χ1n) is 7.38. The number of hydrogen-bond donors (Lipinski definition) is 2. The molecule has 2 aromatic carbocycles. The van der Waals surface area contributed by atoms with Crippen LogP contribution in [0.25, 0.3) is 0 Å². The van der Waals surface area contributed by atoms with E-state index >= 15 is 0 Å². The quantitative estimate of drug-likeness (QED) is 0.774. The Balaban J connectivity index is 2.00. The first-order valence-corrected chi connectivity index (χ1v) is 7.79. The van der Waals surface area contributed by atoms with Crippen LogP contribution in [0.5, 0.6) is 0 Å². The van der Waals surface area contributed by atoms with E-state index in [1.54, 1.807) is 0 Å². The molecule has 0 aromatic heterocycles. The molecule has 0 unspecified atom stereocenters. The van der Waals surface area contributed by atoms with E-state index in [4.69, 9.17) is 12.2 Å². The van der Waals surface area contributed by atoms with E-state index in [0.717, 1.165) is 18.5 Å². The third-order valence-electron chi connectivity index (χ3n) is 3.39. The standard InChI is InChI=1S/C18H22N2S/c1-3-7-17(15-8-5-4-6-9-15)20-18(21)19-16-12-10-14(2)11-13-16/h4-6,8-13,17H,3,7H2,1-2H3,(H2,19,20,21)/t17-/m0/s1. The van der Waals surface area contributed by atoms with Crippen molar-refractivity contribution < 1.29 is 0 Å². The Bertz CT molecular complexity index is 564. The van der Waals surface area contributed by atoms with E-state index in [2.05, 4.69) is 60.9 Å². The van der Waals surface area contributed by atoms with Gasteiger partial charge in [0.15, 0.2) is 5.11 Å². The minimum Gasteiger partial charge on any atom is -0.356 e. The molecule has 1 atom stereocenters. The van der Waals surface area contributed by atoms with Gasteiger partial charge in [0.1, 0.15) is 0 Å². The second-order valence-electron chi connectivity index (χ2n) is 5.22. The molecule has 0 heterocycles. The SMILES string of the molecule is CCC[C@H](NC(=S)Nc1ccc(C)cc1)c1ccccc1. The monoisotopic (exact) mass is 298 g/mol. The highest BCUT2D eigenvalue weighted by atomic mass is 32.1. The molecule has 0 spiro atoms. The van der Waals surface area contributed by atoms with Crippen LogP contribution in [0.1, 0.15) is 36.9 Å². The summed E-state index contributed by atoms with van der Waals surface area (Å²) in [4.78, 5) is 0. The van der Waals surface area contributed by atoms with Gasteiger partial charge in [-0.15, -0.1) is 0 Å². The molecular formula is C18H22N2S. The lowest BCUT2D eigenvalue weighted by molar-refractivity contribution is 0.584. The smallest absolute Gasteiger partial charge is 0.171 e. The number of anilines is 1. The van der Waals surface area contributed by atoms with Crippen molar-refractivity contribution in [3.05, 3.63) is 65.7 Å². The Kier molecular flexibility index (Phi) is 5.76. The van der Waals surface area contributed by atoms with Crippen molar-refractivity contribution in [2.75, 3.05) is 5.32 Å². The molecule has 21 heavy (non-hydrogen) atoms. The molecule has 0 saturated heterocycles. The van der Waals surface area contributed by atoms with Gasteiger partial charge in [-0.05, 0) is 43.3 Å². The number of hydrogen-bond acceptors (Lipinski definition) is 1. The Labute approximate surface area is 132 Å². The molecule has 110 valence electrons. The molecule has 0 aliphatic rings. The van der Waals surface area contributed by atoms with Crippen molar-refractivity contribution >= 4 is 23.0 Å². The van der Waals surface area contributed by atoms with Crippen LogP contribution >= 0.6 is 12.2 Å². The molecule has 2 aromatic rings. The van der Waals surface area contributed by atoms with Gasteiger partial charge in [-0.1, -0.05) is 61.4 Å². The Hall–Kier alpha value is -1.87. The fraction of sp³-hybridized carbons (Fsp3) is 0.278. The lowest BCUT2D eigenvalue weighted by Crippen LogP contribution is -2.32. The van der Waals surface area contributed by atoms with E-state index in [1.807, 2.05) is 18.2 Å². The molecule has 2 N–H and O–H groups in total. The second kappa shape index (κ2) is 7.79. The zero-order chi connectivity index (χ0) is 15.1. The van der Waals surface area contributed by atoms with E-state index in [1.165, 1.54) is 11.1 Å². The molecule has 0 aliphatic heterocycles. The van der Waals surface area contributed by atoms with Crippen molar-refractivity contribution in [2.24, 2.45) is 0 Å². The van der Waals surface area contributed by atoms with Crippen molar-refractivity contribution in [3.8, 4) is 0 Å². The number of rotatable bonds is 5. The minimum absolute atomic E-state index is 0.252. The molecule has 2 rings (SSSR count). The van der Waals surface area contributed by atoms with Crippen LogP contribution in [0, 0.1) is 6.92 Å². The summed E-state index contributed by atoms with van der Waals surface area (Å²) in [7, 11) is 0. The van der Waals surface area contributed by atoms with E-state index in [0.29, 0.717) is 5.11 Å². The first kappa shape index (κ1) is 15.5. The summed E-state index contributed by atoms with van der Waals surface area (Å²) in [5, 5.41) is 7.33. The summed E-state index contributed by atoms with van der Waals surface area (Å²) < 4.78 is 0. The largest absolute Gasteiger partial charge is 0.356 e. The molecule has 3 heteroatoms. The Morgan fingerprint density at radius 2 is 1.71 bits per heavy atom. The van der Waals surface area contributed by atoms with Crippen LogP contribution in [0.4, 0.5) is 5.69 Å². The molecule has 0 radical (unpaired) electrons. The maximum absolute atomic E-state index is 5.44. The first-order chi connectivity index (χ1) is 10.2. The molecule has 2 nitrogen and oxygen atoms in total. The lowest BCUT2D eigenvalue weighted by Gasteiger charge is -2.21. The molecule has 0 bridgehead atoms. The van der Waals surface area contributed by atoms with Crippen LogP contribution < -0.4 is 10.6 Å². The Morgan fingerprint density at radius 1 is 1.05 bits per heavy atom. The fourth-order valence-corrected chi connectivity index (χ4v) is 2.52. The zero-order valence-corrected chi connectivity index (χ0v) is 13.4. The predicted molar refractivity (Wildman–Crippen MR) is 94.6 cm³/mol. The third-order valence-corrected chi connectivity index (χ3v) is 3.61. The summed E-state index contributed by atoms with van der Waals surface area (Å²) in [5.41, 5.74) is 3.53. The summed E-state index contributed by atoms with van der Waals surface area (Å²) >= 11 is 5.44. The summed E-state index contributed by atoms with van der Waals surface area (Å²) in [6.07, 6.45) is 2.17. The van der Waals surface area contributed by atoms with Gasteiger partial charge < -0.3 is 10.6 Å². The van der Waals surface area contributed by atoms with E-state index in [-0.39, 0.29) is 6.04 Å². The van der Waals surface area contributed by atoms with Crippen molar-refractivity contribution in [3.63, 3.8) is 0 Å². The van der Waals surface area contributed by atoms with Gasteiger partial charge in [0, 0.05) is 5.69 Å². The number of thiocarbonyl (C=S) groups is 1. The third kappa shape index (κ3) is 4.87. The Morgan fingerprint density at radius 3 is 2.33 bits per heavy atom. The summed E-state index contributed by atoms with van der Waals surface area (Å²) in [5.74, 6) is 0. The van der Waals surface area contributed by atoms with Gasteiger partial charge >= 0.3 is 0 Å². The summed E-state index contributed by atoms with van der Waals surface area (Å²) in [6.45, 7) is 4.26. The maximum atomic E-state index is 5.44. The summed E-state index contributed by atoms with van der Waals surface area (Å²) in [6, 6.07) is 18.9. The van der Waals surface area contributed by atoms with Crippen LogP contribution in [0.3, 0.4) is 0 Å².